The molecule has 26 heavy (non-hydrogen) atoms. The molecule has 0 unspecified atom stereocenters. The number of nitrogens with zero attached hydrogens (tertiary/aromatic N) is 1. The summed E-state index contributed by atoms with van der Waals surface area (Å²) >= 11 is 1.54. The molecule has 0 N–H and O–H groups in total. The molecule has 2 heterocycles. The molecule has 0 spiro atoms. The molecule has 2 amide bonds. The minimum absolute atomic E-state index is 0.116. The number of fused-ring (bicyclic) bond motifs is 1. The van der Waals surface area contributed by atoms with Gasteiger partial charge in [0.25, 0.3) is 11.8 Å². The first kappa shape index (κ1) is 17.0. The van der Waals surface area contributed by atoms with E-state index in [0.717, 1.165) is 4.88 Å². The Hall–Kier alpha value is -2.47. The average Bonchev–Trinajstić information content (AvgIpc) is 3.24. The Morgan fingerprint density at radius 3 is 2.23 bits per heavy atom. The first-order chi connectivity index (χ1) is 12.6. The Bertz CT molecular complexity index is 802. The van der Waals surface area contributed by atoms with Crippen molar-refractivity contribution in [3.8, 4) is 0 Å². The third-order valence-corrected chi connectivity index (χ3v) is 5.91. The van der Waals surface area contributed by atoms with Crippen LogP contribution in [0.3, 0.4) is 0 Å². The molecule has 0 bridgehead atoms. The van der Waals surface area contributed by atoms with Gasteiger partial charge in [-0.15, -0.1) is 11.3 Å². The number of thiophene rings is 1. The Morgan fingerprint density at radius 1 is 1.00 bits per heavy atom. The molecular weight excluding hydrogens is 350 g/mol. The summed E-state index contributed by atoms with van der Waals surface area (Å²) in [5.74, 6) is -0.621. The summed E-state index contributed by atoms with van der Waals surface area (Å²) < 4.78 is 5.57. The molecule has 0 radical (unpaired) electrons. The van der Waals surface area contributed by atoms with Crippen molar-refractivity contribution in [2.75, 3.05) is 0 Å². The smallest absolute Gasteiger partial charge is 0.311 e. The van der Waals surface area contributed by atoms with Crippen LogP contribution in [0.2, 0.25) is 0 Å². The summed E-state index contributed by atoms with van der Waals surface area (Å²) in [5.41, 5.74) is 0.976. The van der Waals surface area contributed by atoms with Crippen LogP contribution in [-0.2, 0) is 16.0 Å². The summed E-state index contributed by atoms with van der Waals surface area (Å²) in [6.07, 6.45) is 2.86. The Balaban J connectivity index is 1.33. The lowest BCUT2D eigenvalue weighted by Crippen LogP contribution is -2.43. The van der Waals surface area contributed by atoms with Crippen LogP contribution in [0.1, 0.15) is 51.3 Å². The SMILES string of the molecule is O=C(Cc1cccs1)OC1CCC(N2C(=O)c3ccccc3C2=O)CC1. The molecule has 1 saturated carbocycles. The van der Waals surface area contributed by atoms with Crippen molar-refractivity contribution in [3.05, 3.63) is 57.8 Å². The topological polar surface area (TPSA) is 63.7 Å². The lowest BCUT2D eigenvalue weighted by atomic mass is 9.92. The zero-order chi connectivity index (χ0) is 18.1. The van der Waals surface area contributed by atoms with Crippen molar-refractivity contribution >= 4 is 29.1 Å². The van der Waals surface area contributed by atoms with Crippen LogP contribution >= 0.6 is 11.3 Å². The number of carbonyl (C=O) groups is 3. The molecule has 6 heteroatoms. The molecule has 1 aromatic carbocycles. The van der Waals surface area contributed by atoms with Crippen LogP contribution in [0.15, 0.2) is 41.8 Å². The monoisotopic (exact) mass is 369 g/mol. The number of benzene rings is 1. The van der Waals surface area contributed by atoms with Gasteiger partial charge in [0, 0.05) is 10.9 Å². The fraction of sp³-hybridized carbons (Fsp3) is 0.350. The maximum Gasteiger partial charge on any atom is 0.311 e. The van der Waals surface area contributed by atoms with Crippen molar-refractivity contribution in [2.45, 2.75) is 44.2 Å². The molecular formula is C20H19NO4S. The lowest BCUT2D eigenvalue weighted by Gasteiger charge is -2.33. The number of hydrogen-bond acceptors (Lipinski definition) is 5. The van der Waals surface area contributed by atoms with Gasteiger partial charge in [0.1, 0.15) is 6.10 Å². The van der Waals surface area contributed by atoms with E-state index in [1.54, 1.807) is 35.6 Å². The Labute approximate surface area is 155 Å². The van der Waals surface area contributed by atoms with E-state index in [2.05, 4.69) is 0 Å². The van der Waals surface area contributed by atoms with Gasteiger partial charge in [-0.05, 0) is 49.3 Å². The normalized spacial score (nSPS) is 22.4. The third kappa shape index (κ3) is 3.17. The van der Waals surface area contributed by atoms with Crippen LogP contribution in [0.5, 0.6) is 0 Å². The van der Waals surface area contributed by atoms with E-state index in [4.69, 9.17) is 4.74 Å². The fourth-order valence-electron chi connectivity index (χ4n) is 3.74. The Morgan fingerprint density at radius 2 is 1.65 bits per heavy atom. The average molecular weight is 369 g/mol. The number of rotatable bonds is 4. The van der Waals surface area contributed by atoms with Crippen molar-refractivity contribution < 1.29 is 19.1 Å². The Kier molecular flexibility index (Phi) is 4.59. The maximum absolute atomic E-state index is 12.6. The van der Waals surface area contributed by atoms with Gasteiger partial charge in [0.05, 0.1) is 17.5 Å². The first-order valence-corrected chi connectivity index (χ1v) is 9.70. The van der Waals surface area contributed by atoms with Crippen molar-refractivity contribution in [1.29, 1.82) is 0 Å². The standard InChI is InChI=1S/C20H19NO4S/c22-18(12-15-4-3-11-26-15)25-14-9-7-13(8-10-14)21-19(23)16-5-1-2-6-17(16)20(21)24/h1-6,11,13-14H,7-10,12H2. The highest BCUT2D eigenvalue weighted by atomic mass is 32.1. The fourth-order valence-corrected chi connectivity index (χ4v) is 4.43. The van der Waals surface area contributed by atoms with Crippen LogP contribution in [0, 0.1) is 0 Å². The second-order valence-corrected chi connectivity index (χ2v) is 7.73. The summed E-state index contributed by atoms with van der Waals surface area (Å²) in [6, 6.07) is 10.7. The number of esters is 1. The van der Waals surface area contributed by atoms with Gasteiger partial charge in [-0.1, -0.05) is 18.2 Å². The molecule has 2 aromatic rings. The number of ether oxygens (including phenoxy) is 1. The van der Waals surface area contributed by atoms with Gasteiger partial charge in [0.2, 0.25) is 0 Å². The second kappa shape index (κ2) is 7.03. The minimum atomic E-state index is -0.211. The predicted octanol–water partition coefficient (Wildman–Crippen LogP) is 3.44. The van der Waals surface area contributed by atoms with Gasteiger partial charge >= 0.3 is 5.97 Å². The van der Waals surface area contributed by atoms with E-state index in [1.165, 1.54) is 4.90 Å². The third-order valence-electron chi connectivity index (χ3n) is 5.03. The molecule has 0 saturated heterocycles. The zero-order valence-corrected chi connectivity index (χ0v) is 15.0. The molecule has 0 atom stereocenters. The van der Waals surface area contributed by atoms with E-state index in [-0.39, 0.29) is 29.9 Å². The number of amides is 2. The molecule has 1 aliphatic carbocycles. The highest BCUT2D eigenvalue weighted by Gasteiger charge is 2.41. The first-order valence-electron chi connectivity index (χ1n) is 8.82. The van der Waals surface area contributed by atoms with Crippen molar-refractivity contribution in [2.24, 2.45) is 0 Å². The van der Waals surface area contributed by atoms with Crippen LogP contribution < -0.4 is 0 Å². The molecule has 1 aromatic heterocycles. The number of carbonyl (C=O) groups excluding carboxylic acids is 3. The van der Waals surface area contributed by atoms with E-state index in [1.807, 2.05) is 17.5 Å². The predicted molar refractivity (Wildman–Crippen MR) is 97.1 cm³/mol. The van der Waals surface area contributed by atoms with Gasteiger partial charge in [-0.25, -0.2) is 0 Å². The summed E-state index contributed by atoms with van der Waals surface area (Å²) in [4.78, 5) is 39.6. The van der Waals surface area contributed by atoms with Crippen LogP contribution in [0.25, 0.3) is 0 Å². The second-order valence-electron chi connectivity index (χ2n) is 6.70. The molecule has 4 rings (SSSR count). The minimum Gasteiger partial charge on any atom is -0.462 e. The molecule has 2 aliphatic rings. The highest BCUT2D eigenvalue weighted by molar-refractivity contribution is 7.10. The van der Waals surface area contributed by atoms with Gasteiger partial charge in [-0.3, -0.25) is 19.3 Å². The van der Waals surface area contributed by atoms with E-state index < -0.39 is 0 Å². The number of hydrogen-bond donors (Lipinski definition) is 0. The largest absolute Gasteiger partial charge is 0.462 e. The van der Waals surface area contributed by atoms with Crippen molar-refractivity contribution in [1.82, 2.24) is 4.90 Å². The maximum atomic E-state index is 12.6. The van der Waals surface area contributed by atoms with Crippen LogP contribution in [0.4, 0.5) is 0 Å². The summed E-state index contributed by atoms with van der Waals surface area (Å²) in [5, 5.41) is 1.94. The summed E-state index contributed by atoms with van der Waals surface area (Å²) in [7, 11) is 0. The molecule has 5 nitrogen and oxygen atoms in total. The molecule has 134 valence electrons. The van der Waals surface area contributed by atoms with E-state index in [9.17, 15) is 14.4 Å². The summed E-state index contributed by atoms with van der Waals surface area (Å²) in [6.45, 7) is 0. The van der Waals surface area contributed by atoms with Gasteiger partial charge < -0.3 is 4.74 Å². The van der Waals surface area contributed by atoms with Gasteiger partial charge in [-0.2, -0.15) is 0 Å². The van der Waals surface area contributed by atoms with E-state index in [0.29, 0.717) is 43.2 Å². The molecule has 1 fully saturated rings. The van der Waals surface area contributed by atoms with Crippen LogP contribution in [-0.4, -0.2) is 34.8 Å². The number of imide groups is 1. The van der Waals surface area contributed by atoms with Gasteiger partial charge in [0.15, 0.2) is 0 Å². The zero-order valence-electron chi connectivity index (χ0n) is 14.2. The lowest BCUT2D eigenvalue weighted by molar-refractivity contribution is -0.150. The van der Waals surface area contributed by atoms with E-state index >= 15 is 0 Å². The molecule has 1 aliphatic heterocycles. The highest BCUT2D eigenvalue weighted by Crippen LogP contribution is 2.32. The quantitative estimate of drug-likeness (QED) is 0.612. The van der Waals surface area contributed by atoms with Crippen molar-refractivity contribution in [3.63, 3.8) is 0 Å².